The van der Waals surface area contributed by atoms with Crippen LogP contribution < -0.4 is 10.1 Å². The van der Waals surface area contributed by atoms with Gasteiger partial charge in [-0.15, -0.1) is 5.10 Å². The number of ether oxygens (including phenoxy) is 1. The molecule has 3 heterocycles. The van der Waals surface area contributed by atoms with Crippen LogP contribution in [0.1, 0.15) is 37.0 Å². The summed E-state index contributed by atoms with van der Waals surface area (Å²) in [7, 11) is 1.55. The molecule has 28 heavy (non-hydrogen) atoms. The van der Waals surface area contributed by atoms with Gasteiger partial charge in [0.05, 0.1) is 19.0 Å². The molecule has 0 aliphatic heterocycles. The highest BCUT2D eigenvalue weighted by molar-refractivity contribution is 5.91. The summed E-state index contributed by atoms with van der Waals surface area (Å²) in [6.07, 6.45) is 3.36. The van der Waals surface area contributed by atoms with Crippen molar-refractivity contribution >= 4 is 5.91 Å². The molecule has 3 aromatic heterocycles. The summed E-state index contributed by atoms with van der Waals surface area (Å²) in [6, 6.07) is 7.31. The van der Waals surface area contributed by atoms with Crippen LogP contribution in [0.25, 0.3) is 17.2 Å². The Labute approximate surface area is 164 Å². The normalized spacial score (nSPS) is 11.3. The molecule has 1 amide bonds. The first-order valence-corrected chi connectivity index (χ1v) is 8.95. The Kier molecular flexibility index (Phi) is 5.39. The topological polar surface area (TPSA) is 94.8 Å². The third-order valence-electron chi connectivity index (χ3n) is 3.90. The Morgan fingerprint density at radius 2 is 1.93 bits per heavy atom. The number of carbonyl (C=O) groups is 1. The Morgan fingerprint density at radius 1 is 1.14 bits per heavy atom. The lowest BCUT2D eigenvalue weighted by Crippen LogP contribution is -2.32. The van der Waals surface area contributed by atoms with Gasteiger partial charge in [-0.2, -0.15) is 0 Å². The molecule has 0 aliphatic carbocycles. The lowest BCUT2D eigenvalue weighted by atomic mass is 9.97. The smallest absolute Gasteiger partial charge is 0.291 e. The van der Waals surface area contributed by atoms with Crippen LogP contribution in [-0.4, -0.2) is 44.3 Å². The van der Waals surface area contributed by atoms with Crippen LogP contribution in [0.15, 0.2) is 36.7 Å². The molecule has 0 saturated heterocycles. The van der Waals surface area contributed by atoms with Crippen molar-refractivity contribution in [1.82, 2.24) is 30.0 Å². The quantitative estimate of drug-likeness (QED) is 0.731. The summed E-state index contributed by atoms with van der Waals surface area (Å²) >= 11 is 0. The van der Waals surface area contributed by atoms with Gasteiger partial charge in [-0.1, -0.05) is 26.8 Å². The van der Waals surface area contributed by atoms with Gasteiger partial charge in [0.25, 0.3) is 5.91 Å². The number of pyridine rings is 2. The third kappa shape index (κ3) is 4.51. The van der Waals surface area contributed by atoms with Gasteiger partial charge in [0.15, 0.2) is 5.82 Å². The molecule has 0 unspecified atom stereocenters. The lowest BCUT2D eigenvalue weighted by molar-refractivity contribution is 0.0929. The first kappa shape index (κ1) is 19.5. The van der Waals surface area contributed by atoms with Gasteiger partial charge in [-0.05, 0) is 30.0 Å². The molecule has 8 nitrogen and oxygen atoms in total. The molecule has 3 aromatic rings. The molecular formula is C20H24N6O2. The molecule has 0 atom stereocenters. The van der Waals surface area contributed by atoms with E-state index in [1.54, 1.807) is 36.3 Å². The highest BCUT2D eigenvalue weighted by atomic mass is 16.5. The number of amides is 1. The zero-order valence-corrected chi connectivity index (χ0v) is 16.7. The number of nitrogens with zero attached hydrogens (tertiary/aromatic N) is 5. The maximum Gasteiger partial charge on any atom is 0.291 e. The van der Waals surface area contributed by atoms with Crippen molar-refractivity contribution in [2.45, 2.75) is 27.7 Å². The molecule has 0 bridgehead atoms. The minimum Gasteiger partial charge on any atom is -0.481 e. The molecule has 0 aliphatic rings. The van der Waals surface area contributed by atoms with Crippen LogP contribution in [0.2, 0.25) is 0 Å². The highest BCUT2D eigenvalue weighted by Crippen LogP contribution is 2.21. The average Bonchev–Trinajstić information content (AvgIpc) is 3.11. The first-order chi connectivity index (χ1) is 13.3. The van der Waals surface area contributed by atoms with E-state index >= 15 is 0 Å². The van der Waals surface area contributed by atoms with E-state index < -0.39 is 0 Å². The second-order valence-corrected chi connectivity index (χ2v) is 7.69. The second kappa shape index (κ2) is 7.75. The Morgan fingerprint density at radius 3 is 2.50 bits per heavy atom. The standard InChI is InChI=1S/C20H24N6O2/c1-13-6-8-15(21-10-13)18-24-17(19(27)23-12-20(2,3)4)25-26(18)14-7-9-16(28-5)22-11-14/h6-11H,12H2,1-5H3,(H,23,27). The number of methoxy groups -OCH3 is 1. The Balaban J connectivity index is 2.01. The number of hydrogen-bond donors (Lipinski definition) is 1. The molecule has 0 radical (unpaired) electrons. The SMILES string of the molecule is COc1ccc(-n2nc(C(=O)NCC(C)(C)C)nc2-c2ccc(C)cn2)cn1. The van der Waals surface area contributed by atoms with E-state index in [2.05, 4.69) is 25.4 Å². The maximum atomic E-state index is 12.6. The minimum absolute atomic E-state index is 0.0422. The van der Waals surface area contributed by atoms with E-state index in [0.717, 1.165) is 5.56 Å². The summed E-state index contributed by atoms with van der Waals surface area (Å²) in [4.78, 5) is 25.7. The molecular weight excluding hydrogens is 356 g/mol. The second-order valence-electron chi connectivity index (χ2n) is 7.69. The molecule has 0 aromatic carbocycles. The summed E-state index contributed by atoms with van der Waals surface area (Å²) in [5.41, 5.74) is 2.26. The van der Waals surface area contributed by atoms with Crippen LogP contribution in [0.5, 0.6) is 5.88 Å². The van der Waals surface area contributed by atoms with Crippen LogP contribution in [0.4, 0.5) is 0 Å². The van der Waals surface area contributed by atoms with E-state index in [1.165, 1.54) is 0 Å². The van der Waals surface area contributed by atoms with Gasteiger partial charge in [0.2, 0.25) is 11.7 Å². The molecule has 0 spiro atoms. The van der Waals surface area contributed by atoms with Crippen molar-refractivity contribution in [3.8, 4) is 23.1 Å². The number of carbonyl (C=O) groups excluding carboxylic acids is 1. The zero-order chi connectivity index (χ0) is 20.3. The van der Waals surface area contributed by atoms with Crippen molar-refractivity contribution in [3.63, 3.8) is 0 Å². The molecule has 1 N–H and O–H groups in total. The van der Waals surface area contributed by atoms with Gasteiger partial charge in [-0.25, -0.2) is 14.6 Å². The summed E-state index contributed by atoms with van der Waals surface area (Å²) in [5.74, 6) is 0.704. The van der Waals surface area contributed by atoms with Gasteiger partial charge in [0, 0.05) is 18.8 Å². The van der Waals surface area contributed by atoms with Crippen molar-refractivity contribution in [1.29, 1.82) is 0 Å². The molecule has 0 saturated carbocycles. The van der Waals surface area contributed by atoms with Crippen LogP contribution in [0, 0.1) is 12.3 Å². The number of nitrogens with one attached hydrogen (secondary N) is 1. The fourth-order valence-electron chi connectivity index (χ4n) is 2.40. The maximum absolute atomic E-state index is 12.6. The number of rotatable bonds is 5. The van der Waals surface area contributed by atoms with Gasteiger partial charge >= 0.3 is 0 Å². The van der Waals surface area contributed by atoms with E-state index in [-0.39, 0.29) is 17.1 Å². The summed E-state index contributed by atoms with van der Waals surface area (Å²) < 4.78 is 6.67. The fraction of sp³-hybridized carbons (Fsp3) is 0.350. The van der Waals surface area contributed by atoms with Gasteiger partial charge in [-0.3, -0.25) is 9.78 Å². The molecule has 0 fully saturated rings. The van der Waals surface area contributed by atoms with E-state index in [0.29, 0.717) is 29.6 Å². The van der Waals surface area contributed by atoms with E-state index in [4.69, 9.17) is 4.74 Å². The monoisotopic (exact) mass is 380 g/mol. The van der Waals surface area contributed by atoms with Gasteiger partial charge < -0.3 is 10.1 Å². The van der Waals surface area contributed by atoms with Crippen molar-refractivity contribution in [2.75, 3.05) is 13.7 Å². The predicted octanol–water partition coefficient (Wildman–Crippen LogP) is 2.82. The van der Waals surface area contributed by atoms with E-state index in [9.17, 15) is 4.79 Å². The van der Waals surface area contributed by atoms with Crippen LogP contribution in [0.3, 0.4) is 0 Å². The van der Waals surface area contributed by atoms with Crippen molar-refractivity contribution in [2.24, 2.45) is 5.41 Å². The van der Waals surface area contributed by atoms with Crippen molar-refractivity contribution in [3.05, 3.63) is 48.0 Å². The summed E-state index contributed by atoms with van der Waals surface area (Å²) in [5, 5.41) is 7.28. The fourth-order valence-corrected chi connectivity index (χ4v) is 2.40. The number of aryl methyl sites for hydroxylation is 1. The lowest BCUT2D eigenvalue weighted by Gasteiger charge is -2.17. The van der Waals surface area contributed by atoms with Crippen molar-refractivity contribution < 1.29 is 9.53 Å². The van der Waals surface area contributed by atoms with Crippen LogP contribution >= 0.6 is 0 Å². The predicted molar refractivity (Wildman–Crippen MR) is 105 cm³/mol. The molecule has 3 rings (SSSR count). The molecule has 8 heteroatoms. The Bertz CT molecular complexity index is 956. The minimum atomic E-state index is -0.330. The van der Waals surface area contributed by atoms with E-state index in [1.807, 2.05) is 39.8 Å². The summed E-state index contributed by atoms with van der Waals surface area (Å²) in [6.45, 7) is 8.61. The van der Waals surface area contributed by atoms with Crippen LogP contribution in [-0.2, 0) is 0 Å². The zero-order valence-electron chi connectivity index (χ0n) is 16.7. The Hall–Kier alpha value is -3.29. The number of aromatic nitrogens is 5. The average molecular weight is 380 g/mol. The number of hydrogen-bond acceptors (Lipinski definition) is 6. The largest absolute Gasteiger partial charge is 0.481 e. The third-order valence-corrected chi connectivity index (χ3v) is 3.90. The molecule has 146 valence electrons. The highest BCUT2D eigenvalue weighted by Gasteiger charge is 2.21. The first-order valence-electron chi connectivity index (χ1n) is 8.95. The van der Waals surface area contributed by atoms with Gasteiger partial charge in [0.1, 0.15) is 5.69 Å².